The maximum absolute atomic E-state index is 12.3. The maximum atomic E-state index is 12.3. The van der Waals surface area contributed by atoms with E-state index in [1.165, 1.54) is 12.8 Å². The Morgan fingerprint density at radius 1 is 1.45 bits per heavy atom. The van der Waals surface area contributed by atoms with Gasteiger partial charge in [-0.15, -0.1) is 5.10 Å². The highest BCUT2D eigenvalue weighted by Crippen LogP contribution is 2.26. The van der Waals surface area contributed by atoms with Crippen molar-refractivity contribution in [2.45, 2.75) is 44.2 Å². The molecule has 0 aliphatic heterocycles. The SMILES string of the molecule is CCN(CCCSc1nnnn1C)C(=O)C1CCCC1. The molecule has 1 saturated carbocycles. The molecule has 112 valence electrons. The highest BCUT2D eigenvalue weighted by atomic mass is 32.2. The lowest BCUT2D eigenvalue weighted by molar-refractivity contribution is -0.135. The second kappa shape index (κ2) is 7.61. The molecule has 7 heteroatoms. The summed E-state index contributed by atoms with van der Waals surface area (Å²) >= 11 is 1.64. The first-order valence-corrected chi connectivity index (χ1v) is 8.35. The second-order valence-corrected chi connectivity index (χ2v) is 6.25. The van der Waals surface area contributed by atoms with Crippen molar-refractivity contribution < 1.29 is 4.79 Å². The Kier molecular flexibility index (Phi) is 5.82. The molecule has 0 spiro atoms. The van der Waals surface area contributed by atoms with E-state index in [0.717, 1.165) is 43.3 Å². The monoisotopic (exact) mass is 297 g/mol. The first-order chi connectivity index (χ1) is 9.72. The molecule has 1 aromatic rings. The van der Waals surface area contributed by atoms with Gasteiger partial charge >= 0.3 is 0 Å². The number of hydrogen-bond donors (Lipinski definition) is 0. The van der Waals surface area contributed by atoms with Crippen LogP contribution in [-0.4, -0.2) is 49.9 Å². The van der Waals surface area contributed by atoms with Crippen LogP contribution in [0.3, 0.4) is 0 Å². The van der Waals surface area contributed by atoms with Crippen LogP contribution in [0.25, 0.3) is 0 Å². The van der Waals surface area contributed by atoms with Crippen molar-refractivity contribution >= 4 is 17.7 Å². The molecular formula is C13H23N5OS. The quantitative estimate of drug-likeness (QED) is 0.566. The summed E-state index contributed by atoms with van der Waals surface area (Å²) < 4.78 is 1.67. The van der Waals surface area contributed by atoms with Gasteiger partial charge < -0.3 is 4.90 Å². The van der Waals surface area contributed by atoms with Gasteiger partial charge in [-0.05, 0) is 36.6 Å². The van der Waals surface area contributed by atoms with E-state index >= 15 is 0 Å². The summed E-state index contributed by atoms with van der Waals surface area (Å²) in [4.78, 5) is 14.3. The third-order valence-electron chi connectivity index (χ3n) is 3.78. The number of hydrogen-bond acceptors (Lipinski definition) is 5. The Balaban J connectivity index is 1.70. The van der Waals surface area contributed by atoms with Gasteiger partial charge in [0.2, 0.25) is 11.1 Å². The zero-order chi connectivity index (χ0) is 14.4. The van der Waals surface area contributed by atoms with Crippen LogP contribution in [0.15, 0.2) is 5.16 Å². The normalized spacial score (nSPS) is 15.7. The van der Waals surface area contributed by atoms with Crippen LogP contribution < -0.4 is 0 Å². The minimum Gasteiger partial charge on any atom is -0.343 e. The van der Waals surface area contributed by atoms with Crippen molar-refractivity contribution in [1.29, 1.82) is 0 Å². The minimum atomic E-state index is 0.283. The number of aryl methyl sites for hydroxylation is 1. The lowest BCUT2D eigenvalue weighted by Gasteiger charge is -2.24. The van der Waals surface area contributed by atoms with Crippen LogP contribution >= 0.6 is 11.8 Å². The topological polar surface area (TPSA) is 63.9 Å². The minimum absolute atomic E-state index is 0.283. The highest BCUT2D eigenvalue weighted by molar-refractivity contribution is 7.99. The Labute approximate surface area is 124 Å². The fourth-order valence-corrected chi connectivity index (χ4v) is 3.39. The number of amides is 1. The fraction of sp³-hybridized carbons (Fsp3) is 0.846. The van der Waals surface area contributed by atoms with Gasteiger partial charge in [-0.3, -0.25) is 4.79 Å². The van der Waals surface area contributed by atoms with E-state index in [-0.39, 0.29) is 5.92 Å². The summed E-state index contributed by atoms with van der Waals surface area (Å²) in [7, 11) is 1.84. The summed E-state index contributed by atoms with van der Waals surface area (Å²) in [5.41, 5.74) is 0. The summed E-state index contributed by atoms with van der Waals surface area (Å²) in [6.45, 7) is 3.71. The number of carbonyl (C=O) groups excluding carboxylic acids is 1. The zero-order valence-electron chi connectivity index (χ0n) is 12.3. The zero-order valence-corrected chi connectivity index (χ0v) is 13.1. The van der Waals surface area contributed by atoms with Gasteiger partial charge in [0, 0.05) is 31.8 Å². The standard InChI is InChI=1S/C13H23N5OS/c1-3-18(12(19)11-7-4-5-8-11)9-6-10-20-13-14-15-16-17(13)2/h11H,3-10H2,1-2H3. The predicted octanol–water partition coefficient (Wildman–Crippen LogP) is 1.73. The van der Waals surface area contributed by atoms with E-state index in [9.17, 15) is 4.79 Å². The number of carbonyl (C=O) groups is 1. The van der Waals surface area contributed by atoms with Crippen LogP contribution in [0.1, 0.15) is 39.0 Å². The molecule has 0 bridgehead atoms. The summed E-state index contributed by atoms with van der Waals surface area (Å²) in [5.74, 6) is 1.57. The lowest BCUT2D eigenvalue weighted by Crippen LogP contribution is -2.36. The smallest absolute Gasteiger partial charge is 0.225 e. The van der Waals surface area contributed by atoms with E-state index in [1.54, 1.807) is 16.4 Å². The summed E-state index contributed by atoms with van der Waals surface area (Å²) in [6.07, 6.45) is 5.55. The third kappa shape index (κ3) is 3.94. The summed E-state index contributed by atoms with van der Waals surface area (Å²) in [5, 5.41) is 12.2. The van der Waals surface area contributed by atoms with Crippen molar-refractivity contribution in [1.82, 2.24) is 25.1 Å². The fourth-order valence-electron chi connectivity index (χ4n) is 2.62. The molecule has 6 nitrogen and oxygen atoms in total. The molecule has 1 aliphatic carbocycles. The van der Waals surface area contributed by atoms with E-state index in [0.29, 0.717) is 5.91 Å². The first kappa shape index (κ1) is 15.3. The number of tetrazole rings is 1. The van der Waals surface area contributed by atoms with E-state index < -0.39 is 0 Å². The Morgan fingerprint density at radius 2 is 2.20 bits per heavy atom. The average Bonchev–Trinajstić information content (AvgIpc) is 3.10. The average molecular weight is 297 g/mol. The van der Waals surface area contributed by atoms with Gasteiger partial charge in [0.1, 0.15) is 0 Å². The molecule has 0 atom stereocenters. The molecule has 1 heterocycles. The van der Waals surface area contributed by atoms with Gasteiger partial charge in [0.15, 0.2) is 0 Å². The molecule has 0 unspecified atom stereocenters. The molecular weight excluding hydrogens is 274 g/mol. The van der Waals surface area contributed by atoms with Gasteiger partial charge in [-0.1, -0.05) is 24.6 Å². The van der Waals surface area contributed by atoms with E-state index in [4.69, 9.17) is 0 Å². The Hall–Kier alpha value is -1.11. The van der Waals surface area contributed by atoms with Gasteiger partial charge in [0.25, 0.3) is 0 Å². The molecule has 1 aliphatic rings. The predicted molar refractivity (Wildman–Crippen MR) is 78.4 cm³/mol. The van der Waals surface area contributed by atoms with Crippen LogP contribution in [0.5, 0.6) is 0 Å². The van der Waals surface area contributed by atoms with Gasteiger partial charge in [-0.2, -0.15) is 0 Å². The molecule has 0 aromatic carbocycles. The lowest BCUT2D eigenvalue weighted by atomic mass is 10.1. The van der Waals surface area contributed by atoms with Gasteiger partial charge in [0.05, 0.1) is 0 Å². The van der Waals surface area contributed by atoms with Crippen molar-refractivity contribution in [3.05, 3.63) is 0 Å². The molecule has 0 radical (unpaired) electrons. The number of rotatable bonds is 7. The molecule has 2 rings (SSSR count). The molecule has 1 aromatic heterocycles. The molecule has 20 heavy (non-hydrogen) atoms. The molecule has 0 saturated heterocycles. The van der Waals surface area contributed by atoms with Crippen LogP contribution in [0.4, 0.5) is 0 Å². The van der Waals surface area contributed by atoms with Crippen LogP contribution in [0, 0.1) is 5.92 Å². The largest absolute Gasteiger partial charge is 0.343 e. The molecule has 0 N–H and O–H groups in total. The van der Waals surface area contributed by atoms with Crippen molar-refractivity contribution in [3.63, 3.8) is 0 Å². The Morgan fingerprint density at radius 3 is 2.80 bits per heavy atom. The molecule has 1 fully saturated rings. The second-order valence-electron chi connectivity index (χ2n) is 5.19. The summed E-state index contributed by atoms with van der Waals surface area (Å²) in [6, 6.07) is 0. The Bertz CT molecular complexity index is 430. The van der Waals surface area contributed by atoms with Crippen LogP contribution in [-0.2, 0) is 11.8 Å². The maximum Gasteiger partial charge on any atom is 0.225 e. The van der Waals surface area contributed by atoms with Crippen molar-refractivity contribution in [2.75, 3.05) is 18.8 Å². The van der Waals surface area contributed by atoms with Gasteiger partial charge in [-0.25, -0.2) is 4.68 Å². The first-order valence-electron chi connectivity index (χ1n) is 7.36. The number of thioether (sulfide) groups is 1. The third-order valence-corrected chi connectivity index (χ3v) is 4.88. The van der Waals surface area contributed by atoms with Crippen LogP contribution in [0.2, 0.25) is 0 Å². The van der Waals surface area contributed by atoms with E-state index in [1.807, 2.05) is 11.9 Å². The number of aromatic nitrogens is 4. The van der Waals surface area contributed by atoms with Crippen molar-refractivity contribution in [2.24, 2.45) is 13.0 Å². The highest BCUT2D eigenvalue weighted by Gasteiger charge is 2.26. The molecule has 1 amide bonds. The number of nitrogens with zero attached hydrogens (tertiary/aromatic N) is 5. The van der Waals surface area contributed by atoms with Crippen molar-refractivity contribution in [3.8, 4) is 0 Å². The van der Waals surface area contributed by atoms with E-state index in [2.05, 4.69) is 22.4 Å².